The predicted octanol–water partition coefficient (Wildman–Crippen LogP) is 10.4. The molecule has 0 radical (unpaired) electrons. The van der Waals surface area contributed by atoms with Gasteiger partial charge >= 0.3 is 24.2 Å². The summed E-state index contributed by atoms with van der Waals surface area (Å²) in [5.41, 5.74) is 0. The van der Waals surface area contributed by atoms with E-state index in [4.69, 9.17) is 28.4 Å². The van der Waals surface area contributed by atoms with E-state index >= 15 is 0 Å². The third kappa shape index (κ3) is 38.3. The van der Waals surface area contributed by atoms with Crippen molar-refractivity contribution >= 4 is 24.2 Å². The lowest BCUT2D eigenvalue weighted by Gasteiger charge is -2.18. The second kappa shape index (κ2) is 39.2. The van der Waals surface area contributed by atoms with Crippen molar-refractivity contribution in [2.24, 2.45) is 0 Å². The van der Waals surface area contributed by atoms with Crippen molar-refractivity contribution in [3.8, 4) is 0 Å². The number of hydrogen-bond acceptors (Lipinski definition) is 12. The molecule has 330 valence electrons. The number of carbonyl (C=O) groups is 4. The van der Waals surface area contributed by atoms with Crippen molar-refractivity contribution in [3.05, 3.63) is 0 Å². The first-order chi connectivity index (χ1) is 27.1. The van der Waals surface area contributed by atoms with Crippen molar-refractivity contribution in [2.75, 3.05) is 67.7 Å². The van der Waals surface area contributed by atoms with E-state index in [1.165, 1.54) is 89.9 Å². The van der Waals surface area contributed by atoms with Crippen molar-refractivity contribution in [2.45, 2.75) is 193 Å². The number of unbranched alkanes of at least 4 members (excludes halogenated alkanes) is 18. The van der Waals surface area contributed by atoms with E-state index in [1.807, 2.05) is 38.0 Å². The quantitative estimate of drug-likeness (QED) is 0.0333. The van der Waals surface area contributed by atoms with E-state index in [9.17, 15) is 19.2 Å². The van der Waals surface area contributed by atoms with Gasteiger partial charge in [-0.15, -0.1) is 0 Å². The molecule has 0 rings (SSSR count). The molecular weight excluding hydrogens is 716 g/mol. The molecule has 0 heterocycles. The molecule has 0 spiro atoms. The van der Waals surface area contributed by atoms with Gasteiger partial charge in [0.25, 0.3) is 0 Å². The number of carbonyl (C=O) groups excluding carboxylic acids is 4. The molecule has 0 fully saturated rings. The number of likely N-dealkylation sites (N-methyl/N-ethyl adjacent to an activating group) is 2. The van der Waals surface area contributed by atoms with Crippen molar-refractivity contribution in [3.63, 3.8) is 0 Å². The zero-order chi connectivity index (χ0) is 41.5. The number of rotatable bonds is 39. The van der Waals surface area contributed by atoms with Crippen LogP contribution in [0.15, 0.2) is 0 Å². The summed E-state index contributed by atoms with van der Waals surface area (Å²) in [6, 6.07) is 0. The van der Waals surface area contributed by atoms with Gasteiger partial charge in [0.1, 0.15) is 25.4 Å². The topological polar surface area (TPSA) is 130 Å². The summed E-state index contributed by atoms with van der Waals surface area (Å²) >= 11 is 0. The molecule has 12 nitrogen and oxygen atoms in total. The monoisotopic (exact) mass is 801 g/mol. The summed E-state index contributed by atoms with van der Waals surface area (Å²) in [4.78, 5) is 53.4. The van der Waals surface area contributed by atoms with E-state index in [0.29, 0.717) is 38.8 Å². The maximum absolute atomic E-state index is 12.5. The van der Waals surface area contributed by atoms with Crippen LogP contribution in [-0.2, 0) is 38.0 Å². The molecule has 0 bridgehead atoms. The molecule has 0 saturated heterocycles. The summed E-state index contributed by atoms with van der Waals surface area (Å²) in [5, 5.41) is 0. The zero-order valence-electron chi connectivity index (χ0n) is 36.8. The van der Waals surface area contributed by atoms with Crippen molar-refractivity contribution < 1.29 is 47.6 Å². The minimum absolute atomic E-state index is 0.0733. The Labute approximate surface area is 341 Å². The Morgan fingerprint density at radius 3 is 1.00 bits per heavy atom. The fourth-order valence-corrected chi connectivity index (χ4v) is 6.16. The van der Waals surface area contributed by atoms with Gasteiger partial charge in [-0.3, -0.25) is 9.59 Å². The lowest BCUT2D eigenvalue weighted by Crippen LogP contribution is -2.25. The lowest BCUT2D eigenvalue weighted by molar-refractivity contribution is -0.151. The molecule has 0 aromatic carbocycles. The fraction of sp³-hybridized carbons (Fsp3) is 0.909. The molecular formula is C44H84N2O10. The minimum atomic E-state index is -0.713. The molecule has 0 amide bonds. The Balaban J connectivity index is 4.60. The summed E-state index contributed by atoms with van der Waals surface area (Å²) < 4.78 is 32.4. The molecule has 56 heavy (non-hydrogen) atoms. The van der Waals surface area contributed by atoms with Crippen LogP contribution < -0.4 is 0 Å². The molecule has 12 heteroatoms. The van der Waals surface area contributed by atoms with Crippen LogP contribution in [0.5, 0.6) is 0 Å². The standard InChI is InChI=1S/C44H84N2O10/c1-7-9-11-13-15-17-19-21-23-25-27-39(55-43(49)53-37-33-45(3)4)31-35-51-41(47)29-30-42(48)52-36-32-40(56-44(50)54-38-34-46(5)6)28-26-24-22-20-18-16-14-12-10-8-2/h39-40H,7-38H2,1-6H3. The maximum Gasteiger partial charge on any atom is 0.508 e. The summed E-state index contributed by atoms with van der Waals surface area (Å²) in [5.74, 6) is -1.04. The van der Waals surface area contributed by atoms with E-state index in [1.54, 1.807) is 0 Å². The van der Waals surface area contributed by atoms with Gasteiger partial charge < -0.3 is 38.2 Å². The molecule has 2 atom stereocenters. The summed E-state index contributed by atoms with van der Waals surface area (Å²) in [6.45, 7) is 6.27. The van der Waals surface area contributed by atoms with Gasteiger partial charge in [-0.05, 0) is 53.9 Å². The van der Waals surface area contributed by atoms with E-state index < -0.39 is 36.5 Å². The van der Waals surface area contributed by atoms with Gasteiger partial charge in [-0.1, -0.05) is 129 Å². The number of esters is 2. The van der Waals surface area contributed by atoms with Crippen LogP contribution in [0.4, 0.5) is 9.59 Å². The highest BCUT2D eigenvalue weighted by Gasteiger charge is 2.19. The fourth-order valence-electron chi connectivity index (χ4n) is 6.16. The number of ether oxygens (including phenoxy) is 6. The highest BCUT2D eigenvalue weighted by atomic mass is 16.7. The van der Waals surface area contributed by atoms with E-state index in [2.05, 4.69) is 13.8 Å². The smallest absolute Gasteiger partial charge is 0.466 e. The Bertz CT molecular complexity index is 875. The summed E-state index contributed by atoms with van der Waals surface area (Å²) in [6.07, 6.45) is 23.7. The van der Waals surface area contributed by atoms with Crippen LogP contribution >= 0.6 is 0 Å². The van der Waals surface area contributed by atoms with Gasteiger partial charge in [0.2, 0.25) is 0 Å². The van der Waals surface area contributed by atoms with Gasteiger partial charge in [0.05, 0.1) is 26.1 Å². The van der Waals surface area contributed by atoms with Crippen LogP contribution in [0.25, 0.3) is 0 Å². The van der Waals surface area contributed by atoms with Crippen LogP contribution in [-0.4, -0.2) is 114 Å². The minimum Gasteiger partial charge on any atom is -0.466 e. The van der Waals surface area contributed by atoms with Gasteiger partial charge in [-0.2, -0.15) is 0 Å². The summed E-state index contributed by atoms with van der Waals surface area (Å²) in [7, 11) is 7.60. The SMILES string of the molecule is CCCCCCCCCCCCC(CCOC(=O)CCC(=O)OCCC(CCCCCCCCCCCC)OC(=O)OCCN(C)C)OC(=O)OCCN(C)C. The van der Waals surface area contributed by atoms with Gasteiger partial charge in [-0.25, -0.2) is 9.59 Å². The Morgan fingerprint density at radius 2 is 0.696 bits per heavy atom. The second-order valence-corrected chi connectivity index (χ2v) is 15.7. The second-order valence-electron chi connectivity index (χ2n) is 15.7. The highest BCUT2D eigenvalue weighted by Crippen LogP contribution is 2.17. The molecule has 0 aliphatic carbocycles. The van der Waals surface area contributed by atoms with Crippen LogP contribution in [0, 0.1) is 0 Å². The average molecular weight is 801 g/mol. The van der Waals surface area contributed by atoms with E-state index in [0.717, 1.165) is 38.5 Å². The zero-order valence-corrected chi connectivity index (χ0v) is 36.8. The van der Waals surface area contributed by atoms with Crippen LogP contribution in [0.1, 0.15) is 181 Å². The largest absolute Gasteiger partial charge is 0.508 e. The highest BCUT2D eigenvalue weighted by molar-refractivity contribution is 5.77. The average Bonchev–Trinajstić information content (AvgIpc) is 3.14. The first-order valence-corrected chi connectivity index (χ1v) is 22.3. The van der Waals surface area contributed by atoms with Crippen LogP contribution in [0.3, 0.4) is 0 Å². The lowest BCUT2D eigenvalue weighted by atomic mass is 10.0. The Hall–Kier alpha value is -2.60. The molecule has 0 N–H and O–H groups in total. The van der Waals surface area contributed by atoms with Crippen molar-refractivity contribution in [1.29, 1.82) is 0 Å². The van der Waals surface area contributed by atoms with Crippen molar-refractivity contribution in [1.82, 2.24) is 9.80 Å². The normalized spacial score (nSPS) is 12.4. The maximum atomic E-state index is 12.5. The molecule has 0 aromatic heterocycles. The molecule has 0 aromatic rings. The van der Waals surface area contributed by atoms with E-state index in [-0.39, 0.29) is 39.3 Å². The molecule has 0 aliphatic heterocycles. The van der Waals surface area contributed by atoms with Gasteiger partial charge in [0, 0.05) is 25.9 Å². The number of nitrogens with zero attached hydrogens (tertiary/aromatic N) is 2. The Kier molecular flexibility index (Phi) is 37.4. The third-order valence-electron chi connectivity index (χ3n) is 9.74. The van der Waals surface area contributed by atoms with Gasteiger partial charge in [0.15, 0.2) is 0 Å². The molecule has 0 aliphatic rings. The third-order valence-corrected chi connectivity index (χ3v) is 9.74. The Morgan fingerprint density at radius 1 is 0.393 bits per heavy atom. The molecule has 0 saturated carbocycles. The van der Waals surface area contributed by atoms with Crippen LogP contribution in [0.2, 0.25) is 0 Å². The first kappa shape index (κ1) is 53.4. The predicted molar refractivity (Wildman–Crippen MR) is 223 cm³/mol. The first-order valence-electron chi connectivity index (χ1n) is 22.3. The number of hydrogen-bond donors (Lipinski definition) is 0. The molecule has 2 unspecified atom stereocenters.